The van der Waals surface area contributed by atoms with Gasteiger partial charge in [-0.05, 0) is 43.9 Å². The molecule has 10 nitrogen and oxygen atoms in total. The molecule has 4 aromatic rings. The van der Waals surface area contributed by atoms with Crippen LogP contribution in [0.3, 0.4) is 0 Å². The van der Waals surface area contributed by atoms with Crippen molar-refractivity contribution in [2.45, 2.75) is 6.04 Å². The summed E-state index contributed by atoms with van der Waals surface area (Å²) in [7, 11) is 3.84. The third-order valence-electron chi connectivity index (χ3n) is 5.00. The highest BCUT2D eigenvalue weighted by atomic mass is 16.4. The number of benzene rings is 2. The number of oxazole rings is 1. The molecule has 0 bridgehead atoms. The lowest BCUT2D eigenvalue weighted by atomic mass is 10.1. The van der Waals surface area contributed by atoms with E-state index in [0.29, 0.717) is 34.8 Å². The standard InChI is InChI=1S/C25H24N6O4/c1-31(2)14-6-9-19(32)28-18-12-10-17(11-13-18)23-30-21-22(26-15-27-24(21)35-23)29-20(25(33)34)16-7-4-3-5-8-16/h3-13,15,20H,14H2,1-2H3,(H,28,32)(H,33,34)(H,26,27,29). The molecule has 1 unspecified atom stereocenters. The molecule has 1 amide bonds. The molecule has 0 spiro atoms. The van der Waals surface area contributed by atoms with Crippen molar-refractivity contribution in [1.82, 2.24) is 19.9 Å². The molecule has 0 aliphatic heterocycles. The highest BCUT2D eigenvalue weighted by molar-refractivity contribution is 5.99. The molecule has 0 saturated heterocycles. The number of aliphatic carboxylic acids is 1. The summed E-state index contributed by atoms with van der Waals surface area (Å²) in [5.41, 5.74) is 2.39. The molecule has 2 aromatic heterocycles. The van der Waals surface area contributed by atoms with Crippen LogP contribution in [0.2, 0.25) is 0 Å². The highest BCUT2D eigenvalue weighted by Crippen LogP contribution is 2.29. The SMILES string of the molecule is CN(C)CC=CC(=O)Nc1ccc(-c2nc3c(NC(C(=O)O)c4ccccc4)ncnc3o2)cc1. The van der Waals surface area contributed by atoms with Crippen molar-refractivity contribution < 1.29 is 19.1 Å². The molecular weight excluding hydrogens is 448 g/mol. The number of nitrogens with one attached hydrogen (secondary N) is 2. The number of aromatic nitrogens is 3. The van der Waals surface area contributed by atoms with E-state index in [2.05, 4.69) is 25.6 Å². The quantitative estimate of drug-likeness (QED) is 0.313. The summed E-state index contributed by atoms with van der Waals surface area (Å²) in [6.45, 7) is 0.669. The van der Waals surface area contributed by atoms with Gasteiger partial charge < -0.3 is 25.1 Å². The van der Waals surface area contributed by atoms with E-state index in [4.69, 9.17) is 4.42 Å². The van der Waals surface area contributed by atoms with Gasteiger partial charge in [-0.1, -0.05) is 36.4 Å². The first-order valence-corrected chi connectivity index (χ1v) is 10.8. The maximum absolute atomic E-state index is 12.0. The van der Waals surface area contributed by atoms with E-state index < -0.39 is 12.0 Å². The average molecular weight is 473 g/mol. The Balaban J connectivity index is 1.53. The number of nitrogens with zero attached hydrogens (tertiary/aromatic N) is 4. The first-order valence-electron chi connectivity index (χ1n) is 10.8. The molecule has 2 heterocycles. The van der Waals surface area contributed by atoms with Gasteiger partial charge in [0.15, 0.2) is 17.4 Å². The van der Waals surface area contributed by atoms with Crippen LogP contribution in [0.15, 0.2) is 77.5 Å². The van der Waals surface area contributed by atoms with Crippen LogP contribution >= 0.6 is 0 Å². The van der Waals surface area contributed by atoms with Gasteiger partial charge in [-0.2, -0.15) is 4.98 Å². The lowest BCUT2D eigenvalue weighted by molar-refractivity contribution is -0.138. The number of likely N-dealkylation sites (N-methyl/N-ethyl adjacent to an activating group) is 1. The fraction of sp³-hybridized carbons (Fsp3) is 0.160. The van der Waals surface area contributed by atoms with E-state index in [-0.39, 0.29) is 17.4 Å². The summed E-state index contributed by atoms with van der Waals surface area (Å²) in [6, 6.07) is 14.8. The molecule has 0 saturated carbocycles. The summed E-state index contributed by atoms with van der Waals surface area (Å²) in [6.07, 6.45) is 4.55. The maximum atomic E-state index is 12.0. The van der Waals surface area contributed by atoms with E-state index in [9.17, 15) is 14.7 Å². The van der Waals surface area contributed by atoms with Gasteiger partial charge in [-0.25, -0.2) is 14.8 Å². The third kappa shape index (κ3) is 5.87. The predicted molar refractivity (Wildman–Crippen MR) is 132 cm³/mol. The molecule has 35 heavy (non-hydrogen) atoms. The number of anilines is 2. The van der Waals surface area contributed by atoms with Crippen LogP contribution in [-0.2, 0) is 9.59 Å². The second-order valence-electron chi connectivity index (χ2n) is 7.95. The Labute approximate surface area is 201 Å². The zero-order valence-corrected chi connectivity index (χ0v) is 19.2. The molecule has 10 heteroatoms. The van der Waals surface area contributed by atoms with E-state index in [1.54, 1.807) is 54.6 Å². The first kappa shape index (κ1) is 23.6. The summed E-state index contributed by atoms with van der Waals surface area (Å²) < 4.78 is 5.79. The van der Waals surface area contributed by atoms with Crippen LogP contribution in [0.4, 0.5) is 11.5 Å². The summed E-state index contributed by atoms with van der Waals surface area (Å²) in [4.78, 5) is 38.6. The Hall–Kier alpha value is -4.57. The largest absolute Gasteiger partial charge is 0.479 e. The minimum atomic E-state index is -1.05. The van der Waals surface area contributed by atoms with Crippen molar-refractivity contribution in [3.05, 3.63) is 78.6 Å². The highest BCUT2D eigenvalue weighted by Gasteiger charge is 2.23. The molecule has 0 aliphatic carbocycles. The van der Waals surface area contributed by atoms with Gasteiger partial charge >= 0.3 is 5.97 Å². The number of carbonyl (C=O) groups excluding carboxylic acids is 1. The van der Waals surface area contributed by atoms with Crippen LogP contribution in [0.1, 0.15) is 11.6 Å². The number of amides is 1. The number of carbonyl (C=O) groups is 2. The van der Waals surface area contributed by atoms with Crippen molar-refractivity contribution in [3.8, 4) is 11.5 Å². The molecular formula is C25H24N6O4. The topological polar surface area (TPSA) is 133 Å². The van der Waals surface area contributed by atoms with Gasteiger partial charge in [0.05, 0.1) is 0 Å². The van der Waals surface area contributed by atoms with E-state index >= 15 is 0 Å². The minimum Gasteiger partial charge on any atom is -0.479 e. The molecule has 178 valence electrons. The second kappa shape index (κ2) is 10.6. The van der Waals surface area contributed by atoms with Crippen molar-refractivity contribution in [2.75, 3.05) is 31.3 Å². The smallest absolute Gasteiger partial charge is 0.330 e. The number of fused-ring (bicyclic) bond motifs is 1. The minimum absolute atomic E-state index is 0.220. The Morgan fingerprint density at radius 2 is 1.83 bits per heavy atom. The molecule has 1 atom stereocenters. The Morgan fingerprint density at radius 1 is 1.09 bits per heavy atom. The van der Waals surface area contributed by atoms with Crippen LogP contribution in [0, 0.1) is 0 Å². The molecule has 0 aliphatic rings. The number of rotatable bonds is 9. The van der Waals surface area contributed by atoms with Gasteiger partial charge in [0.25, 0.3) is 5.71 Å². The Bertz CT molecular complexity index is 1350. The lowest BCUT2D eigenvalue weighted by Crippen LogP contribution is -2.21. The number of carboxylic acid groups (broad SMARTS) is 1. The summed E-state index contributed by atoms with van der Waals surface area (Å²) >= 11 is 0. The number of carboxylic acids is 1. The van der Waals surface area contributed by atoms with E-state index in [0.717, 1.165) is 0 Å². The number of hydrogen-bond donors (Lipinski definition) is 3. The molecule has 0 radical (unpaired) electrons. The van der Waals surface area contributed by atoms with Crippen molar-refractivity contribution in [1.29, 1.82) is 0 Å². The summed E-state index contributed by atoms with van der Waals surface area (Å²) in [5.74, 6) is -0.742. The van der Waals surface area contributed by atoms with Crippen molar-refractivity contribution in [3.63, 3.8) is 0 Å². The Kier molecular flexibility index (Phi) is 7.12. The molecule has 4 rings (SSSR count). The molecule has 3 N–H and O–H groups in total. The fourth-order valence-corrected chi connectivity index (χ4v) is 3.30. The van der Waals surface area contributed by atoms with Gasteiger partial charge in [0, 0.05) is 23.9 Å². The monoisotopic (exact) mass is 472 g/mol. The maximum Gasteiger partial charge on any atom is 0.330 e. The predicted octanol–water partition coefficient (Wildman–Crippen LogP) is 3.58. The molecule has 0 fully saturated rings. The average Bonchev–Trinajstić information content (AvgIpc) is 3.28. The van der Waals surface area contributed by atoms with Crippen LogP contribution < -0.4 is 10.6 Å². The van der Waals surface area contributed by atoms with Crippen molar-refractivity contribution >= 4 is 34.6 Å². The summed E-state index contributed by atoms with van der Waals surface area (Å²) in [5, 5.41) is 15.4. The second-order valence-corrected chi connectivity index (χ2v) is 7.95. The van der Waals surface area contributed by atoms with Gasteiger partial charge in [-0.15, -0.1) is 0 Å². The first-order chi connectivity index (χ1) is 16.9. The van der Waals surface area contributed by atoms with Gasteiger partial charge in [-0.3, -0.25) is 4.79 Å². The molecule has 2 aromatic carbocycles. The van der Waals surface area contributed by atoms with Gasteiger partial charge in [0.2, 0.25) is 11.8 Å². The van der Waals surface area contributed by atoms with Gasteiger partial charge in [0.1, 0.15) is 6.33 Å². The van der Waals surface area contributed by atoms with E-state index in [1.807, 2.05) is 25.1 Å². The van der Waals surface area contributed by atoms with Crippen molar-refractivity contribution in [2.24, 2.45) is 0 Å². The van der Waals surface area contributed by atoms with Crippen LogP contribution in [-0.4, -0.2) is 57.5 Å². The fourth-order valence-electron chi connectivity index (χ4n) is 3.30. The van der Waals surface area contributed by atoms with Crippen LogP contribution in [0.25, 0.3) is 22.7 Å². The van der Waals surface area contributed by atoms with E-state index in [1.165, 1.54) is 12.4 Å². The number of hydrogen-bond acceptors (Lipinski definition) is 8. The zero-order valence-electron chi connectivity index (χ0n) is 19.2. The Morgan fingerprint density at radius 3 is 2.51 bits per heavy atom. The zero-order chi connectivity index (χ0) is 24.8. The lowest BCUT2D eigenvalue weighted by Gasteiger charge is -2.15. The van der Waals surface area contributed by atoms with Crippen LogP contribution in [0.5, 0.6) is 0 Å². The third-order valence-corrected chi connectivity index (χ3v) is 5.00. The normalized spacial score (nSPS) is 12.2.